The average Bonchev–Trinajstić information content (AvgIpc) is 2.18. The summed E-state index contributed by atoms with van der Waals surface area (Å²) in [4.78, 5) is 13.9. The van der Waals surface area contributed by atoms with E-state index in [-0.39, 0.29) is 12.1 Å². The van der Waals surface area contributed by atoms with E-state index in [4.69, 9.17) is 11.5 Å². The van der Waals surface area contributed by atoms with Crippen LogP contribution in [-0.2, 0) is 0 Å². The number of anilines is 1. The molecule has 0 saturated carbocycles. The highest BCUT2D eigenvalue weighted by atomic mass is 15.3. The summed E-state index contributed by atoms with van der Waals surface area (Å²) in [6.45, 7) is 1.52. The summed E-state index contributed by atoms with van der Waals surface area (Å²) in [5.41, 5.74) is 11.7. The number of piperidine rings is 1. The zero-order chi connectivity index (χ0) is 9.97. The van der Waals surface area contributed by atoms with Gasteiger partial charge in [-0.25, -0.2) is 15.0 Å². The minimum atomic E-state index is 0.107. The van der Waals surface area contributed by atoms with Gasteiger partial charge in [-0.2, -0.15) is 0 Å². The Kier molecular flexibility index (Phi) is 2.55. The van der Waals surface area contributed by atoms with E-state index in [1.807, 2.05) is 4.90 Å². The lowest BCUT2D eigenvalue weighted by Gasteiger charge is -2.34. The molecule has 1 fully saturated rings. The maximum absolute atomic E-state index is 5.86. The first-order valence-electron chi connectivity index (χ1n) is 4.64. The molecule has 6 heteroatoms. The summed E-state index contributed by atoms with van der Waals surface area (Å²) >= 11 is 0. The minimum absolute atomic E-state index is 0.107. The predicted molar refractivity (Wildman–Crippen MR) is 52.6 cm³/mol. The van der Waals surface area contributed by atoms with Crippen molar-refractivity contribution < 1.29 is 0 Å². The molecule has 14 heavy (non-hydrogen) atoms. The maximum atomic E-state index is 5.86. The van der Waals surface area contributed by atoms with Gasteiger partial charge in [-0.3, -0.25) is 0 Å². The van der Waals surface area contributed by atoms with Gasteiger partial charge >= 0.3 is 0 Å². The number of hydrogen-bond donors (Lipinski definition) is 2. The second-order valence-electron chi connectivity index (χ2n) is 3.60. The van der Waals surface area contributed by atoms with Gasteiger partial charge in [0.2, 0.25) is 5.95 Å². The van der Waals surface area contributed by atoms with E-state index >= 15 is 0 Å². The SMILES string of the molecule is N[C@@H]1C[C@H](N)CN(c2ncncn2)C1. The van der Waals surface area contributed by atoms with Gasteiger partial charge in [0.25, 0.3) is 0 Å². The Hall–Kier alpha value is -1.27. The molecule has 76 valence electrons. The molecule has 6 nitrogen and oxygen atoms in total. The highest BCUT2D eigenvalue weighted by Crippen LogP contribution is 2.12. The first kappa shape index (κ1) is 9.29. The molecule has 1 saturated heterocycles. The predicted octanol–water partition coefficient (Wildman–Crippen LogP) is -1.26. The fourth-order valence-corrected chi connectivity index (χ4v) is 1.74. The van der Waals surface area contributed by atoms with E-state index in [1.165, 1.54) is 12.7 Å². The minimum Gasteiger partial charge on any atom is -0.338 e. The van der Waals surface area contributed by atoms with Crippen LogP contribution < -0.4 is 16.4 Å². The standard InChI is InChI=1S/C8H14N6/c9-6-1-7(10)3-14(2-6)8-12-4-11-5-13-8/h4-7H,1-3,9-10H2/t6-,7+. The van der Waals surface area contributed by atoms with Crippen LogP contribution in [0.15, 0.2) is 12.7 Å². The van der Waals surface area contributed by atoms with Gasteiger partial charge in [-0.05, 0) is 6.42 Å². The molecular formula is C8H14N6. The molecule has 0 amide bonds. The van der Waals surface area contributed by atoms with Crippen molar-refractivity contribution in [2.24, 2.45) is 11.5 Å². The van der Waals surface area contributed by atoms with Gasteiger partial charge in [0.1, 0.15) is 12.7 Å². The van der Waals surface area contributed by atoms with E-state index in [1.54, 1.807) is 0 Å². The Morgan fingerprint density at radius 3 is 2.29 bits per heavy atom. The second kappa shape index (κ2) is 3.85. The van der Waals surface area contributed by atoms with Crippen molar-refractivity contribution in [2.45, 2.75) is 18.5 Å². The molecule has 0 spiro atoms. The maximum Gasteiger partial charge on any atom is 0.228 e. The van der Waals surface area contributed by atoms with Crippen LogP contribution in [0.3, 0.4) is 0 Å². The Labute approximate surface area is 82.3 Å². The van der Waals surface area contributed by atoms with Crippen LogP contribution in [0.25, 0.3) is 0 Å². The fourth-order valence-electron chi connectivity index (χ4n) is 1.74. The van der Waals surface area contributed by atoms with Gasteiger partial charge in [-0.15, -0.1) is 0 Å². The van der Waals surface area contributed by atoms with Crippen molar-refractivity contribution in [3.63, 3.8) is 0 Å². The van der Waals surface area contributed by atoms with Crippen LogP contribution in [0.4, 0.5) is 5.95 Å². The Morgan fingerprint density at radius 1 is 1.14 bits per heavy atom. The van der Waals surface area contributed by atoms with E-state index < -0.39 is 0 Å². The third-order valence-electron chi connectivity index (χ3n) is 2.28. The molecule has 2 rings (SSSR count). The second-order valence-corrected chi connectivity index (χ2v) is 3.60. The van der Waals surface area contributed by atoms with Crippen molar-refractivity contribution in [1.82, 2.24) is 15.0 Å². The van der Waals surface area contributed by atoms with Gasteiger partial charge in [0.15, 0.2) is 0 Å². The van der Waals surface area contributed by atoms with Gasteiger partial charge in [0, 0.05) is 25.2 Å². The first-order valence-corrected chi connectivity index (χ1v) is 4.64. The third-order valence-corrected chi connectivity index (χ3v) is 2.28. The molecular weight excluding hydrogens is 180 g/mol. The Bertz CT molecular complexity index is 279. The molecule has 1 aliphatic rings. The number of nitrogens with zero attached hydrogens (tertiary/aromatic N) is 4. The lowest BCUT2D eigenvalue weighted by Crippen LogP contribution is -2.52. The summed E-state index contributed by atoms with van der Waals surface area (Å²) in [5.74, 6) is 0.658. The summed E-state index contributed by atoms with van der Waals surface area (Å²) in [6, 6.07) is 0.214. The van der Waals surface area contributed by atoms with Crippen LogP contribution in [-0.4, -0.2) is 40.1 Å². The molecule has 0 radical (unpaired) electrons. The largest absolute Gasteiger partial charge is 0.338 e. The highest BCUT2D eigenvalue weighted by molar-refractivity contribution is 5.29. The van der Waals surface area contributed by atoms with Crippen molar-refractivity contribution in [3.05, 3.63) is 12.7 Å². The number of aromatic nitrogens is 3. The lowest BCUT2D eigenvalue weighted by molar-refractivity contribution is 0.447. The summed E-state index contributed by atoms with van der Waals surface area (Å²) in [5, 5.41) is 0. The van der Waals surface area contributed by atoms with Crippen molar-refractivity contribution in [2.75, 3.05) is 18.0 Å². The van der Waals surface area contributed by atoms with E-state index in [2.05, 4.69) is 15.0 Å². The molecule has 0 bridgehead atoms. The Morgan fingerprint density at radius 2 is 1.71 bits per heavy atom. The lowest BCUT2D eigenvalue weighted by atomic mass is 10.0. The normalized spacial score (nSPS) is 27.7. The number of nitrogens with two attached hydrogens (primary N) is 2. The van der Waals surface area contributed by atoms with Gasteiger partial charge in [-0.1, -0.05) is 0 Å². The number of hydrogen-bond acceptors (Lipinski definition) is 6. The van der Waals surface area contributed by atoms with E-state index in [0.717, 1.165) is 19.5 Å². The zero-order valence-electron chi connectivity index (χ0n) is 7.87. The molecule has 2 heterocycles. The van der Waals surface area contributed by atoms with Crippen LogP contribution >= 0.6 is 0 Å². The van der Waals surface area contributed by atoms with Crippen LogP contribution in [0.5, 0.6) is 0 Å². The molecule has 1 aromatic heterocycles. The topological polar surface area (TPSA) is 94.0 Å². The van der Waals surface area contributed by atoms with Gasteiger partial charge < -0.3 is 16.4 Å². The van der Waals surface area contributed by atoms with Gasteiger partial charge in [0.05, 0.1) is 0 Å². The number of rotatable bonds is 1. The summed E-state index contributed by atoms with van der Waals surface area (Å²) < 4.78 is 0. The smallest absolute Gasteiger partial charge is 0.228 e. The molecule has 2 atom stereocenters. The van der Waals surface area contributed by atoms with E-state index in [0.29, 0.717) is 5.95 Å². The molecule has 1 aliphatic heterocycles. The summed E-state index contributed by atoms with van der Waals surface area (Å²) in [7, 11) is 0. The molecule has 0 unspecified atom stereocenters. The monoisotopic (exact) mass is 194 g/mol. The van der Waals surface area contributed by atoms with Crippen molar-refractivity contribution >= 4 is 5.95 Å². The van der Waals surface area contributed by atoms with Crippen LogP contribution in [0.1, 0.15) is 6.42 Å². The van der Waals surface area contributed by atoms with Crippen LogP contribution in [0, 0.1) is 0 Å². The highest BCUT2D eigenvalue weighted by Gasteiger charge is 2.23. The average molecular weight is 194 g/mol. The molecule has 4 N–H and O–H groups in total. The van der Waals surface area contributed by atoms with Crippen molar-refractivity contribution in [1.29, 1.82) is 0 Å². The molecule has 1 aromatic rings. The summed E-state index contributed by atoms with van der Waals surface area (Å²) in [6.07, 6.45) is 3.82. The zero-order valence-corrected chi connectivity index (χ0v) is 7.87. The first-order chi connectivity index (χ1) is 6.75. The quantitative estimate of drug-likeness (QED) is 0.579. The Balaban J connectivity index is 2.11. The van der Waals surface area contributed by atoms with Crippen LogP contribution in [0.2, 0.25) is 0 Å². The molecule has 0 aromatic carbocycles. The third kappa shape index (κ3) is 1.97. The van der Waals surface area contributed by atoms with Crippen molar-refractivity contribution in [3.8, 4) is 0 Å². The fraction of sp³-hybridized carbons (Fsp3) is 0.625. The molecule has 0 aliphatic carbocycles. The van der Waals surface area contributed by atoms with E-state index in [9.17, 15) is 0 Å².